The van der Waals surface area contributed by atoms with Crippen LogP contribution < -0.4 is 21.3 Å². The number of Topliss-reactive ketones (excluding diaryl/α,β-unsaturated/α-hetero) is 1. The number of carbonyl (C=O) groups excluding carboxylic acids is 1. The van der Waals surface area contributed by atoms with Crippen LogP contribution >= 0.6 is 0 Å². The molecule has 0 saturated carbocycles. The van der Waals surface area contributed by atoms with E-state index in [0.29, 0.717) is 38.2 Å². The molecule has 33 heavy (non-hydrogen) atoms. The summed E-state index contributed by atoms with van der Waals surface area (Å²) in [6.45, 7) is 7.80. The molecule has 5 N–H and O–H groups in total. The monoisotopic (exact) mass is 455 g/mol. The summed E-state index contributed by atoms with van der Waals surface area (Å²) in [5.41, 5.74) is 16.3. The molecule has 1 aliphatic heterocycles. The Hall–Kier alpha value is -2.61. The molecule has 0 saturated heterocycles. The number of carbonyl (C=O) groups is 1. The van der Waals surface area contributed by atoms with Crippen LogP contribution in [0, 0.1) is 0 Å². The number of hydrogen-bond acceptors (Lipinski definition) is 7. The molecule has 0 bridgehead atoms. The summed E-state index contributed by atoms with van der Waals surface area (Å²) < 4.78 is 11.5. The van der Waals surface area contributed by atoms with Crippen LogP contribution in [-0.2, 0) is 17.6 Å². The Kier molecular flexibility index (Phi) is 9.11. The lowest BCUT2D eigenvalue weighted by atomic mass is 9.96. The van der Waals surface area contributed by atoms with E-state index >= 15 is 0 Å². The summed E-state index contributed by atoms with van der Waals surface area (Å²) in [5.74, 6) is 0.787. The van der Waals surface area contributed by atoms with Crippen molar-refractivity contribution in [2.45, 2.75) is 65.0 Å². The molecule has 1 heterocycles. The number of anilines is 1. The van der Waals surface area contributed by atoms with Crippen LogP contribution in [0.15, 0.2) is 30.3 Å². The predicted molar refractivity (Wildman–Crippen MR) is 131 cm³/mol. The third-order valence-electron chi connectivity index (χ3n) is 5.85. The van der Waals surface area contributed by atoms with Gasteiger partial charge in [0.05, 0.1) is 36.6 Å². The molecule has 0 aromatic heterocycles. The zero-order valence-corrected chi connectivity index (χ0v) is 19.9. The second-order valence-corrected chi connectivity index (χ2v) is 8.71. The minimum absolute atomic E-state index is 0.00280. The number of phenolic OH excluding ortho intramolecular Hbond substituents is 1. The van der Waals surface area contributed by atoms with Gasteiger partial charge in [-0.25, -0.2) is 5.43 Å². The van der Waals surface area contributed by atoms with Gasteiger partial charge in [-0.1, -0.05) is 13.0 Å². The molecule has 0 amide bonds. The van der Waals surface area contributed by atoms with Crippen molar-refractivity contribution in [1.82, 2.24) is 5.43 Å². The molecule has 7 heteroatoms. The normalized spacial score (nSPS) is 14.9. The number of benzene rings is 2. The number of nitrogens with one attached hydrogen (secondary N) is 2. The molecule has 2 aromatic rings. The quantitative estimate of drug-likeness (QED) is 0.264. The molecule has 7 nitrogen and oxygen atoms in total. The number of fused-ring (bicyclic) bond motifs is 1. The van der Waals surface area contributed by atoms with Gasteiger partial charge in [0.1, 0.15) is 11.5 Å². The van der Waals surface area contributed by atoms with Crippen molar-refractivity contribution in [2.24, 2.45) is 5.73 Å². The molecule has 180 valence electrons. The molecule has 1 atom stereocenters. The van der Waals surface area contributed by atoms with E-state index < -0.39 is 0 Å². The fourth-order valence-corrected chi connectivity index (χ4v) is 4.00. The summed E-state index contributed by atoms with van der Waals surface area (Å²) in [4.78, 5) is 13.0. The SMILES string of the molecule is CCc1ccc(OCCCN)cc1CCCC(=O)c1cc2c(cc1O)NNC2COC(C)C. The minimum Gasteiger partial charge on any atom is -0.507 e. The summed E-state index contributed by atoms with van der Waals surface area (Å²) >= 11 is 0. The highest BCUT2D eigenvalue weighted by molar-refractivity contribution is 5.99. The van der Waals surface area contributed by atoms with Crippen molar-refractivity contribution in [3.8, 4) is 11.5 Å². The fourth-order valence-electron chi connectivity index (χ4n) is 4.00. The molecule has 0 spiro atoms. The number of hydrogen-bond donors (Lipinski definition) is 4. The number of hydrazine groups is 1. The number of phenols is 1. The number of aryl methyl sites for hydroxylation is 2. The highest BCUT2D eigenvalue weighted by Crippen LogP contribution is 2.35. The summed E-state index contributed by atoms with van der Waals surface area (Å²) in [5, 5.41) is 10.4. The van der Waals surface area contributed by atoms with Crippen molar-refractivity contribution in [2.75, 3.05) is 25.2 Å². The lowest BCUT2D eigenvalue weighted by Gasteiger charge is -2.15. The first kappa shape index (κ1) is 25.0. The molecule has 3 rings (SSSR count). The van der Waals surface area contributed by atoms with E-state index in [0.717, 1.165) is 36.3 Å². The lowest BCUT2D eigenvalue weighted by Crippen LogP contribution is -2.24. The van der Waals surface area contributed by atoms with Crippen LogP contribution in [0.25, 0.3) is 0 Å². The van der Waals surface area contributed by atoms with E-state index in [1.165, 1.54) is 11.1 Å². The van der Waals surface area contributed by atoms with E-state index in [-0.39, 0.29) is 23.7 Å². The standard InChI is InChI=1S/C26H37N3O4/c1-4-18-9-10-20(32-12-6-11-27)13-19(18)7-5-8-25(30)22-14-21-23(15-26(22)31)28-29-24(21)16-33-17(2)3/h9-10,13-15,17,24,28-29,31H,4-8,11-12,16,27H2,1-3H3. The van der Waals surface area contributed by atoms with Gasteiger partial charge < -0.3 is 25.7 Å². The van der Waals surface area contributed by atoms with Crippen LogP contribution in [0.2, 0.25) is 0 Å². The van der Waals surface area contributed by atoms with Crippen LogP contribution in [0.5, 0.6) is 11.5 Å². The van der Waals surface area contributed by atoms with Crippen LogP contribution in [0.4, 0.5) is 5.69 Å². The molecular weight excluding hydrogens is 418 g/mol. The maximum absolute atomic E-state index is 13.0. The van der Waals surface area contributed by atoms with Crippen molar-refractivity contribution in [3.05, 3.63) is 52.6 Å². The zero-order chi connectivity index (χ0) is 23.8. The smallest absolute Gasteiger partial charge is 0.166 e. The number of nitrogens with two attached hydrogens (primary N) is 1. The van der Waals surface area contributed by atoms with Crippen LogP contribution in [-0.4, -0.2) is 36.8 Å². The van der Waals surface area contributed by atoms with E-state index in [1.54, 1.807) is 12.1 Å². The average molecular weight is 456 g/mol. The Morgan fingerprint density at radius 2 is 2.00 bits per heavy atom. The Balaban J connectivity index is 1.63. The van der Waals surface area contributed by atoms with Crippen LogP contribution in [0.3, 0.4) is 0 Å². The first-order valence-corrected chi connectivity index (χ1v) is 11.9. The summed E-state index contributed by atoms with van der Waals surface area (Å²) in [7, 11) is 0. The Morgan fingerprint density at radius 3 is 2.73 bits per heavy atom. The first-order valence-electron chi connectivity index (χ1n) is 11.9. The topological polar surface area (TPSA) is 106 Å². The van der Waals surface area contributed by atoms with E-state index in [1.807, 2.05) is 19.9 Å². The predicted octanol–water partition coefficient (Wildman–Crippen LogP) is 4.28. The maximum atomic E-state index is 13.0. The van der Waals surface area contributed by atoms with Gasteiger partial charge in [0.15, 0.2) is 5.78 Å². The van der Waals surface area contributed by atoms with Gasteiger partial charge in [0, 0.05) is 12.5 Å². The largest absolute Gasteiger partial charge is 0.507 e. The number of rotatable bonds is 13. The number of ether oxygens (including phenoxy) is 2. The summed E-state index contributed by atoms with van der Waals surface area (Å²) in [6.07, 6.45) is 3.71. The van der Waals surface area contributed by atoms with Crippen molar-refractivity contribution in [1.29, 1.82) is 0 Å². The maximum Gasteiger partial charge on any atom is 0.166 e. The molecule has 0 fully saturated rings. The molecule has 2 aromatic carbocycles. The fraction of sp³-hybridized carbons (Fsp3) is 0.500. The molecule has 0 radical (unpaired) electrons. The van der Waals surface area contributed by atoms with E-state index in [4.69, 9.17) is 15.2 Å². The molecular formula is C26H37N3O4. The highest BCUT2D eigenvalue weighted by atomic mass is 16.5. The van der Waals surface area contributed by atoms with Crippen LogP contribution in [0.1, 0.15) is 73.1 Å². The van der Waals surface area contributed by atoms with Gasteiger partial charge in [0.25, 0.3) is 0 Å². The highest BCUT2D eigenvalue weighted by Gasteiger charge is 2.26. The Bertz CT molecular complexity index is 945. The lowest BCUT2D eigenvalue weighted by molar-refractivity contribution is 0.0641. The second-order valence-electron chi connectivity index (χ2n) is 8.71. The second kappa shape index (κ2) is 12.0. The van der Waals surface area contributed by atoms with Gasteiger partial charge in [-0.15, -0.1) is 0 Å². The van der Waals surface area contributed by atoms with Gasteiger partial charge in [-0.05, 0) is 81.0 Å². The van der Waals surface area contributed by atoms with E-state index in [2.05, 4.69) is 29.9 Å². The Labute approximate surface area is 196 Å². The number of ketones is 1. The van der Waals surface area contributed by atoms with Gasteiger partial charge >= 0.3 is 0 Å². The zero-order valence-electron chi connectivity index (χ0n) is 19.9. The average Bonchev–Trinajstić information content (AvgIpc) is 3.19. The minimum atomic E-state index is -0.0660. The van der Waals surface area contributed by atoms with E-state index in [9.17, 15) is 9.90 Å². The first-order chi connectivity index (χ1) is 15.9. The molecule has 1 aliphatic rings. The van der Waals surface area contributed by atoms with Gasteiger partial charge in [0.2, 0.25) is 0 Å². The Morgan fingerprint density at radius 1 is 1.18 bits per heavy atom. The number of aromatic hydroxyl groups is 1. The van der Waals surface area contributed by atoms with Crippen molar-refractivity contribution in [3.63, 3.8) is 0 Å². The summed E-state index contributed by atoms with van der Waals surface area (Å²) in [6, 6.07) is 9.50. The third-order valence-corrected chi connectivity index (χ3v) is 5.85. The molecule has 0 aliphatic carbocycles. The van der Waals surface area contributed by atoms with Crippen molar-refractivity contribution < 1.29 is 19.4 Å². The van der Waals surface area contributed by atoms with Gasteiger partial charge in [-0.2, -0.15) is 0 Å². The van der Waals surface area contributed by atoms with Crippen molar-refractivity contribution >= 4 is 11.5 Å². The molecule has 1 unspecified atom stereocenters. The van der Waals surface area contributed by atoms with Gasteiger partial charge in [-0.3, -0.25) is 4.79 Å². The third kappa shape index (κ3) is 6.69.